The van der Waals surface area contributed by atoms with Crippen LogP contribution in [-0.2, 0) is 19.4 Å². The number of phenolic OH excluding ortho intramolecular Hbond substituents is 2. The van der Waals surface area contributed by atoms with Crippen LogP contribution in [0.3, 0.4) is 0 Å². The van der Waals surface area contributed by atoms with Crippen LogP contribution >= 0.6 is 0 Å². The van der Waals surface area contributed by atoms with Gasteiger partial charge in [-0.1, -0.05) is 37.1 Å². The molecular weight excluding hydrogens is 386 g/mol. The van der Waals surface area contributed by atoms with Crippen LogP contribution in [0.5, 0.6) is 11.5 Å². The van der Waals surface area contributed by atoms with Crippen molar-refractivity contribution >= 4 is 16.6 Å². The molecule has 0 aliphatic heterocycles. The quantitative estimate of drug-likeness (QED) is 0.265. The van der Waals surface area contributed by atoms with E-state index in [1.807, 2.05) is 6.07 Å². The maximum atomic E-state index is 9.54. The number of anilines is 1. The molecule has 0 amide bonds. The number of aromatic hydroxyl groups is 2. The topological polar surface area (TPSA) is 77.4 Å². The zero-order valence-electron chi connectivity index (χ0n) is 18.2. The maximum Gasteiger partial charge on any atom is 0.157 e. The molecule has 0 saturated heterocycles. The molecule has 31 heavy (non-hydrogen) atoms. The Labute approximate surface area is 184 Å². The van der Waals surface area contributed by atoms with Crippen LogP contribution in [0.25, 0.3) is 10.9 Å². The maximum absolute atomic E-state index is 9.54. The summed E-state index contributed by atoms with van der Waals surface area (Å²) in [6.45, 7) is 2.66. The molecule has 0 bridgehead atoms. The Morgan fingerprint density at radius 2 is 1.65 bits per heavy atom. The second-order valence-corrected chi connectivity index (χ2v) is 8.48. The lowest BCUT2D eigenvalue weighted by Crippen LogP contribution is -2.14. The van der Waals surface area contributed by atoms with Crippen LogP contribution in [0.4, 0.5) is 5.69 Å². The van der Waals surface area contributed by atoms with Crippen molar-refractivity contribution in [2.24, 2.45) is 0 Å². The Morgan fingerprint density at radius 1 is 0.839 bits per heavy atom. The van der Waals surface area contributed by atoms with Gasteiger partial charge in [0.15, 0.2) is 11.5 Å². The van der Waals surface area contributed by atoms with Gasteiger partial charge < -0.3 is 20.8 Å². The zero-order valence-corrected chi connectivity index (χ0v) is 18.2. The van der Waals surface area contributed by atoms with E-state index in [0.29, 0.717) is 6.54 Å². The highest BCUT2D eigenvalue weighted by Crippen LogP contribution is 2.33. The van der Waals surface area contributed by atoms with Gasteiger partial charge in [-0.3, -0.25) is 4.98 Å². The minimum atomic E-state index is -0.0716. The molecule has 0 fully saturated rings. The van der Waals surface area contributed by atoms with Crippen LogP contribution in [0.2, 0.25) is 0 Å². The number of nitrogens with zero attached hydrogens (tertiary/aromatic N) is 1. The Hall–Kier alpha value is -2.79. The van der Waals surface area contributed by atoms with E-state index in [1.54, 1.807) is 6.07 Å². The van der Waals surface area contributed by atoms with Gasteiger partial charge in [0.05, 0.1) is 5.52 Å². The number of rotatable bonds is 10. The van der Waals surface area contributed by atoms with Crippen LogP contribution in [0.1, 0.15) is 55.3 Å². The molecule has 1 aliphatic carbocycles. The molecule has 164 valence electrons. The Morgan fingerprint density at radius 3 is 2.52 bits per heavy atom. The normalized spacial score (nSPS) is 13.3. The van der Waals surface area contributed by atoms with Crippen molar-refractivity contribution in [1.29, 1.82) is 0 Å². The number of phenols is 2. The number of aryl methyl sites for hydroxylation is 1. The molecular formula is C26H33N3O2. The minimum Gasteiger partial charge on any atom is -0.504 e. The molecule has 0 radical (unpaired) electrons. The summed E-state index contributed by atoms with van der Waals surface area (Å²) in [4.78, 5) is 4.92. The second kappa shape index (κ2) is 10.5. The molecule has 1 aliphatic rings. The van der Waals surface area contributed by atoms with E-state index in [0.717, 1.165) is 49.9 Å². The standard InChI is InChI=1S/C26H33N3O2/c30-24-14-13-19(17-25(24)31)18-27-15-7-1-2-8-16-28-26-20-9-3-5-11-22(20)29-23-12-6-4-10-21(23)26/h3,5,9,11,13-14,17,27,30-31H,1-2,4,6-8,10,12,15-16,18H2,(H,28,29). The van der Waals surface area contributed by atoms with E-state index in [9.17, 15) is 10.2 Å². The summed E-state index contributed by atoms with van der Waals surface area (Å²) in [6, 6.07) is 13.5. The Bertz CT molecular complexity index is 1020. The van der Waals surface area contributed by atoms with E-state index in [-0.39, 0.29) is 11.5 Å². The predicted molar refractivity (Wildman–Crippen MR) is 127 cm³/mol. The molecule has 2 aromatic carbocycles. The average Bonchev–Trinajstić information content (AvgIpc) is 2.79. The number of benzene rings is 2. The summed E-state index contributed by atoms with van der Waals surface area (Å²) in [7, 11) is 0. The van der Waals surface area contributed by atoms with Crippen molar-refractivity contribution in [3.8, 4) is 11.5 Å². The van der Waals surface area contributed by atoms with E-state index >= 15 is 0 Å². The third-order valence-corrected chi connectivity index (χ3v) is 6.12. The summed E-state index contributed by atoms with van der Waals surface area (Å²) in [5, 5.41) is 27.3. The summed E-state index contributed by atoms with van der Waals surface area (Å²) in [5.41, 5.74) is 6.14. The number of para-hydroxylation sites is 1. The van der Waals surface area contributed by atoms with Gasteiger partial charge in [-0.05, 0) is 74.4 Å². The van der Waals surface area contributed by atoms with Gasteiger partial charge >= 0.3 is 0 Å². The molecule has 4 rings (SSSR count). The van der Waals surface area contributed by atoms with Gasteiger partial charge in [-0.25, -0.2) is 0 Å². The van der Waals surface area contributed by atoms with Crippen LogP contribution in [0.15, 0.2) is 42.5 Å². The fraction of sp³-hybridized carbons (Fsp3) is 0.423. The molecule has 0 saturated carbocycles. The Kier molecular flexibility index (Phi) is 7.26. The van der Waals surface area contributed by atoms with Gasteiger partial charge in [0.1, 0.15) is 0 Å². The number of hydrogen-bond donors (Lipinski definition) is 4. The van der Waals surface area contributed by atoms with E-state index in [2.05, 4.69) is 34.9 Å². The first-order valence-electron chi connectivity index (χ1n) is 11.6. The molecule has 5 nitrogen and oxygen atoms in total. The molecule has 0 unspecified atom stereocenters. The summed E-state index contributed by atoms with van der Waals surface area (Å²) in [6.07, 6.45) is 9.46. The van der Waals surface area contributed by atoms with E-state index < -0.39 is 0 Å². The fourth-order valence-corrected chi connectivity index (χ4v) is 4.43. The molecule has 0 spiro atoms. The highest BCUT2D eigenvalue weighted by atomic mass is 16.3. The highest BCUT2D eigenvalue weighted by Gasteiger charge is 2.17. The first kappa shape index (κ1) is 21.4. The largest absolute Gasteiger partial charge is 0.504 e. The molecule has 3 aromatic rings. The van der Waals surface area contributed by atoms with Crippen molar-refractivity contribution in [1.82, 2.24) is 10.3 Å². The van der Waals surface area contributed by atoms with Crippen molar-refractivity contribution in [3.05, 3.63) is 59.3 Å². The van der Waals surface area contributed by atoms with E-state index in [4.69, 9.17) is 4.98 Å². The summed E-state index contributed by atoms with van der Waals surface area (Å²) in [5.74, 6) is -0.132. The number of fused-ring (bicyclic) bond motifs is 2. The molecule has 4 N–H and O–H groups in total. The van der Waals surface area contributed by atoms with E-state index in [1.165, 1.54) is 54.1 Å². The summed E-state index contributed by atoms with van der Waals surface area (Å²) < 4.78 is 0. The number of hydrogen-bond acceptors (Lipinski definition) is 5. The third kappa shape index (κ3) is 5.47. The lowest BCUT2D eigenvalue weighted by Gasteiger charge is -2.21. The van der Waals surface area contributed by atoms with Gasteiger partial charge in [-0.15, -0.1) is 0 Å². The predicted octanol–water partition coefficient (Wildman–Crippen LogP) is 5.29. The first-order valence-corrected chi connectivity index (χ1v) is 11.6. The minimum absolute atomic E-state index is 0.0601. The summed E-state index contributed by atoms with van der Waals surface area (Å²) >= 11 is 0. The molecule has 5 heteroatoms. The number of unbranched alkanes of at least 4 members (excludes halogenated alkanes) is 3. The van der Waals surface area contributed by atoms with Gasteiger partial charge in [-0.2, -0.15) is 0 Å². The number of nitrogens with one attached hydrogen (secondary N) is 2. The Balaban J connectivity index is 1.18. The highest BCUT2D eigenvalue weighted by molar-refractivity contribution is 5.93. The average molecular weight is 420 g/mol. The SMILES string of the molecule is Oc1ccc(CNCCCCCCNc2c3c(nc4ccccc24)CCCC3)cc1O. The van der Waals surface area contributed by atoms with Crippen molar-refractivity contribution in [2.45, 2.75) is 57.9 Å². The first-order chi connectivity index (χ1) is 15.2. The zero-order chi connectivity index (χ0) is 21.5. The molecule has 1 aromatic heterocycles. The van der Waals surface area contributed by atoms with Crippen LogP contribution in [0, 0.1) is 0 Å². The smallest absolute Gasteiger partial charge is 0.157 e. The van der Waals surface area contributed by atoms with Crippen molar-refractivity contribution < 1.29 is 10.2 Å². The van der Waals surface area contributed by atoms with Crippen molar-refractivity contribution in [2.75, 3.05) is 18.4 Å². The van der Waals surface area contributed by atoms with Gasteiger partial charge in [0.2, 0.25) is 0 Å². The fourth-order valence-electron chi connectivity index (χ4n) is 4.43. The van der Waals surface area contributed by atoms with Crippen LogP contribution in [-0.4, -0.2) is 28.3 Å². The van der Waals surface area contributed by atoms with Gasteiger partial charge in [0, 0.05) is 29.9 Å². The lowest BCUT2D eigenvalue weighted by atomic mass is 9.92. The molecule has 1 heterocycles. The van der Waals surface area contributed by atoms with Gasteiger partial charge in [0.25, 0.3) is 0 Å². The number of aromatic nitrogens is 1. The number of pyridine rings is 1. The third-order valence-electron chi connectivity index (χ3n) is 6.12. The monoisotopic (exact) mass is 419 g/mol. The van der Waals surface area contributed by atoms with Crippen molar-refractivity contribution in [3.63, 3.8) is 0 Å². The molecule has 0 atom stereocenters. The lowest BCUT2D eigenvalue weighted by molar-refractivity contribution is 0.403. The van der Waals surface area contributed by atoms with Crippen LogP contribution < -0.4 is 10.6 Å². The second-order valence-electron chi connectivity index (χ2n) is 8.48.